The highest BCUT2D eigenvalue weighted by molar-refractivity contribution is 5.82. The van der Waals surface area contributed by atoms with Gasteiger partial charge in [-0.15, -0.1) is 0 Å². The fraction of sp³-hybridized carbons (Fsp3) is 0.846. The van der Waals surface area contributed by atoms with Gasteiger partial charge in [0.15, 0.2) is 0 Å². The maximum absolute atomic E-state index is 11.9. The van der Waals surface area contributed by atoms with Crippen LogP contribution in [0.1, 0.15) is 33.1 Å². The maximum Gasteiger partial charge on any atom is 0.326 e. The van der Waals surface area contributed by atoms with Crippen LogP contribution in [0.15, 0.2) is 0 Å². The predicted octanol–water partition coefficient (Wildman–Crippen LogP) is 1.31. The number of aliphatic carboxylic acids is 1. The molecule has 0 bridgehead atoms. The van der Waals surface area contributed by atoms with Gasteiger partial charge in [-0.25, -0.2) is 9.59 Å². The second-order valence-corrected chi connectivity index (χ2v) is 5.38. The Morgan fingerprint density at radius 2 is 2.11 bits per heavy atom. The van der Waals surface area contributed by atoms with Crippen LogP contribution < -0.4 is 5.32 Å². The number of ether oxygens (including phenoxy) is 1. The Bertz CT molecular complexity index is 314. The van der Waals surface area contributed by atoms with Gasteiger partial charge in [-0.1, -0.05) is 13.8 Å². The Kier molecular flexibility index (Phi) is 6.08. The lowest BCUT2D eigenvalue weighted by atomic mass is 10.1. The largest absolute Gasteiger partial charge is 0.480 e. The minimum atomic E-state index is -1.01. The van der Waals surface area contributed by atoms with Gasteiger partial charge in [0.2, 0.25) is 0 Å². The number of nitrogens with one attached hydrogen (secondary N) is 1. The molecule has 1 fully saturated rings. The summed E-state index contributed by atoms with van der Waals surface area (Å²) in [5.41, 5.74) is 0. The van der Waals surface area contributed by atoms with E-state index in [2.05, 4.69) is 5.32 Å². The molecule has 1 unspecified atom stereocenters. The average molecular weight is 272 g/mol. The minimum Gasteiger partial charge on any atom is -0.480 e. The van der Waals surface area contributed by atoms with Crippen LogP contribution in [0.3, 0.4) is 0 Å². The van der Waals surface area contributed by atoms with E-state index < -0.39 is 12.0 Å². The average Bonchev–Trinajstić information content (AvgIpc) is 2.35. The van der Waals surface area contributed by atoms with Crippen LogP contribution in [0.25, 0.3) is 0 Å². The zero-order valence-corrected chi connectivity index (χ0v) is 11.9. The summed E-state index contributed by atoms with van der Waals surface area (Å²) in [6, 6.07) is -1.22. The number of carbonyl (C=O) groups excluding carboxylic acids is 1. The van der Waals surface area contributed by atoms with Crippen molar-refractivity contribution in [3.63, 3.8) is 0 Å². The Morgan fingerprint density at radius 1 is 1.42 bits per heavy atom. The molecule has 6 heteroatoms. The molecule has 2 N–H and O–H groups in total. The zero-order valence-electron chi connectivity index (χ0n) is 11.9. The molecule has 0 aromatic rings. The van der Waals surface area contributed by atoms with E-state index in [0.717, 1.165) is 25.9 Å². The maximum atomic E-state index is 11.9. The number of carbonyl (C=O) groups is 2. The molecule has 2 amide bonds. The van der Waals surface area contributed by atoms with Crippen molar-refractivity contribution >= 4 is 12.0 Å². The van der Waals surface area contributed by atoms with Gasteiger partial charge < -0.3 is 20.1 Å². The fourth-order valence-electron chi connectivity index (χ4n) is 2.10. The molecule has 0 spiro atoms. The molecular formula is C13H24N2O4. The van der Waals surface area contributed by atoms with Gasteiger partial charge in [0, 0.05) is 20.2 Å². The second-order valence-electron chi connectivity index (χ2n) is 5.38. The predicted molar refractivity (Wildman–Crippen MR) is 71.0 cm³/mol. The first kappa shape index (κ1) is 15.8. The molecular weight excluding hydrogens is 248 g/mol. The molecule has 1 aliphatic heterocycles. The summed E-state index contributed by atoms with van der Waals surface area (Å²) in [6.45, 7) is 4.77. The van der Waals surface area contributed by atoms with Gasteiger partial charge >= 0.3 is 12.0 Å². The minimum absolute atomic E-state index is 0.0619. The van der Waals surface area contributed by atoms with E-state index in [4.69, 9.17) is 9.84 Å². The Balaban J connectivity index is 2.44. The van der Waals surface area contributed by atoms with E-state index in [1.165, 1.54) is 4.90 Å². The summed E-state index contributed by atoms with van der Waals surface area (Å²) in [7, 11) is 1.66. The van der Waals surface area contributed by atoms with Crippen molar-refractivity contribution in [1.82, 2.24) is 10.2 Å². The highest BCUT2D eigenvalue weighted by Crippen LogP contribution is 2.13. The lowest BCUT2D eigenvalue weighted by Gasteiger charge is -2.29. The first-order chi connectivity index (χ1) is 8.91. The van der Waals surface area contributed by atoms with Crippen LogP contribution in [0.2, 0.25) is 0 Å². The van der Waals surface area contributed by atoms with Crippen LogP contribution >= 0.6 is 0 Å². The van der Waals surface area contributed by atoms with E-state index in [1.807, 2.05) is 0 Å². The summed E-state index contributed by atoms with van der Waals surface area (Å²) in [5, 5.41) is 11.6. The lowest BCUT2D eigenvalue weighted by molar-refractivity contribution is -0.140. The summed E-state index contributed by atoms with van der Waals surface area (Å²) in [4.78, 5) is 24.5. The van der Waals surface area contributed by atoms with Crippen LogP contribution in [0, 0.1) is 5.92 Å². The summed E-state index contributed by atoms with van der Waals surface area (Å²) >= 11 is 0. The van der Waals surface area contributed by atoms with Crippen molar-refractivity contribution < 1.29 is 19.4 Å². The van der Waals surface area contributed by atoms with Crippen molar-refractivity contribution in [3.05, 3.63) is 0 Å². The number of hydrogen-bond acceptors (Lipinski definition) is 3. The van der Waals surface area contributed by atoms with Crippen molar-refractivity contribution in [2.24, 2.45) is 5.92 Å². The summed E-state index contributed by atoms with van der Waals surface area (Å²) < 4.78 is 5.56. The quantitative estimate of drug-likeness (QED) is 0.791. The Morgan fingerprint density at radius 3 is 2.58 bits per heavy atom. The third-order valence-corrected chi connectivity index (χ3v) is 3.31. The lowest BCUT2D eigenvalue weighted by Crippen LogP contribution is -2.50. The number of hydrogen-bond donors (Lipinski definition) is 2. The monoisotopic (exact) mass is 272 g/mol. The van der Waals surface area contributed by atoms with E-state index >= 15 is 0 Å². The van der Waals surface area contributed by atoms with Gasteiger partial charge in [-0.05, 0) is 25.2 Å². The molecule has 6 nitrogen and oxygen atoms in total. The molecule has 0 saturated carbocycles. The van der Waals surface area contributed by atoms with Crippen LogP contribution in [-0.4, -0.2) is 54.4 Å². The van der Waals surface area contributed by atoms with Crippen molar-refractivity contribution in [1.29, 1.82) is 0 Å². The number of carboxylic acid groups (broad SMARTS) is 1. The van der Waals surface area contributed by atoms with E-state index in [-0.39, 0.29) is 18.1 Å². The van der Waals surface area contributed by atoms with Crippen molar-refractivity contribution in [2.45, 2.75) is 45.3 Å². The molecule has 2 atom stereocenters. The van der Waals surface area contributed by atoms with Crippen LogP contribution in [-0.2, 0) is 9.53 Å². The van der Waals surface area contributed by atoms with Gasteiger partial charge in [-0.3, -0.25) is 0 Å². The molecule has 1 aliphatic rings. The normalized spacial score (nSPS) is 20.9. The van der Waals surface area contributed by atoms with Crippen LogP contribution in [0.5, 0.6) is 0 Å². The molecule has 1 saturated heterocycles. The SMILES string of the molecule is CC(C)[C@@H](NC(=O)N(C)CC1CCCCO1)C(=O)O. The molecule has 0 aliphatic carbocycles. The van der Waals surface area contributed by atoms with E-state index in [0.29, 0.717) is 6.54 Å². The fourth-order valence-corrected chi connectivity index (χ4v) is 2.10. The molecule has 1 rings (SSSR count). The molecule has 110 valence electrons. The van der Waals surface area contributed by atoms with Crippen LogP contribution in [0.4, 0.5) is 4.79 Å². The third kappa shape index (κ3) is 5.06. The zero-order chi connectivity index (χ0) is 14.4. The first-order valence-electron chi connectivity index (χ1n) is 6.78. The number of amides is 2. The number of rotatable bonds is 5. The smallest absolute Gasteiger partial charge is 0.326 e. The molecule has 19 heavy (non-hydrogen) atoms. The topological polar surface area (TPSA) is 78.9 Å². The first-order valence-corrected chi connectivity index (χ1v) is 6.78. The Hall–Kier alpha value is -1.30. The van der Waals surface area contributed by atoms with Gasteiger partial charge in [0.05, 0.1) is 6.10 Å². The molecule has 0 radical (unpaired) electrons. The number of likely N-dealkylation sites (N-methyl/N-ethyl adjacent to an activating group) is 1. The van der Waals surface area contributed by atoms with Crippen molar-refractivity contribution in [3.8, 4) is 0 Å². The highest BCUT2D eigenvalue weighted by Gasteiger charge is 2.26. The standard InChI is InChI=1S/C13H24N2O4/c1-9(2)11(12(16)17)14-13(18)15(3)8-10-6-4-5-7-19-10/h9-11H,4-8H2,1-3H3,(H,14,18)(H,16,17)/t10?,11-/m1/s1. The van der Waals surface area contributed by atoms with E-state index in [9.17, 15) is 9.59 Å². The second kappa shape index (κ2) is 7.33. The molecule has 0 aromatic carbocycles. The number of urea groups is 1. The number of nitrogens with zero attached hydrogens (tertiary/aromatic N) is 1. The summed E-state index contributed by atoms with van der Waals surface area (Å²) in [6.07, 6.45) is 3.20. The van der Waals surface area contributed by atoms with Gasteiger partial charge in [-0.2, -0.15) is 0 Å². The highest BCUT2D eigenvalue weighted by atomic mass is 16.5. The molecule has 1 heterocycles. The van der Waals surface area contributed by atoms with E-state index in [1.54, 1.807) is 20.9 Å². The summed E-state index contributed by atoms with van der Waals surface area (Å²) in [5.74, 6) is -1.16. The van der Waals surface area contributed by atoms with Gasteiger partial charge in [0.1, 0.15) is 6.04 Å². The molecule has 0 aromatic heterocycles. The third-order valence-electron chi connectivity index (χ3n) is 3.31. The number of carboxylic acids is 1. The van der Waals surface area contributed by atoms with Crippen molar-refractivity contribution in [2.75, 3.05) is 20.2 Å². The Labute approximate surface area is 114 Å². The van der Waals surface area contributed by atoms with Gasteiger partial charge in [0.25, 0.3) is 0 Å².